The zero-order chi connectivity index (χ0) is 15.6. The van der Waals surface area contributed by atoms with E-state index in [2.05, 4.69) is 18.7 Å². The minimum Gasteiger partial charge on any atom is -0.329 e. The van der Waals surface area contributed by atoms with Gasteiger partial charge in [0, 0.05) is 12.6 Å². The summed E-state index contributed by atoms with van der Waals surface area (Å²) in [6, 6.07) is 1.85. The van der Waals surface area contributed by atoms with Crippen LogP contribution in [-0.4, -0.2) is 24.5 Å². The maximum Gasteiger partial charge on any atom is 0.194 e. The molecule has 0 radical (unpaired) electrons. The largest absolute Gasteiger partial charge is 0.329 e. The van der Waals surface area contributed by atoms with Gasteiger partial charge in [-0.3, -0.25) is 4.90 Å². The standard InChI is InChI=1S/C16H23F3N2/c1-16(2)4-3-6-21(7-5-16)14(10-20)11-8-12(17)15(19)13(18)9-11/h8-9,14H,3-7,10,20H2,1-2H3. The summed E-state index contributed by atoms with van der Waals surface area (Å²) in [5.41, 5.74) is 6.49. The van der Waals surface area contributed by atoms with Crippen LogP contribution in [-0.2, 0) is 0 Å². The van der Waals surface area contributed by atoms with E-state index in [0.717, 1.165) is 44.5 Å². The summed E-state index contributed by atoms with van der Waals surface area (Å²) in [6.07, 6.45) is 3.15. The van der Waals surface area contributed by atoms with Crippen LogP contribution < -0.4 is 5.73 Å². The average Bonchev–Trinajstić information content (AvgIpc) is 2.58. The second kappa shape index (κ2) is 6.36. The highest BCUT2D eigenvalue weighted by Crippen LogP contribution is 2.33. The molecule has 2 nitrogen and oxygen atoms in total. The van der Waals surface area contributed by atoms with E-state index in [0.29, 0.717) is 5.56 Å². The summed E-state index contributed by atoms with van der Waals surface area (Å²) in [7, 11) is 0. The van der Waals surface area contributed by atoms with Crippen molar-refractivity contribution in [1.82, 2.24) is 4.90 Å². The third-order valence-electron chi connectivity index (χ3n) is 4.43. The van der Waals surface area contributed by atoms with Gasteiger partial charge < -0.3 is 5.73 Å². The van der Waals surface area contributed by atoms with Gasteiger partial charge in [-0.15, -0.1) is 0 Å². The fourth-order valence-corrected chi connectivity index (χ4v) is 3.02. The second-order valence-corrected chi connectivity index (χ2v) is 6.60. The van der Waals surface area contributed by atoms with Gasteiger partial charge in [0.2, 0.25) is 0 Å². The molecule has 1 atom stereocenters. The molecule has 1 aliphatic rings. The molecular formula is C16H23F3N2. The highest BCUT2D eigenvalue weighted by molar-refractivity contribution is 5.23. The molecule has 2 N–H and O–H groups in total. The molecule has 21 heavy (non-hydrogen) atoms. The molecule has 0 amide bonds. The van der Waals surface area contributed by atoms with Gasteiger partial charge in [0.15, 0.2) is 17.5 Å². The molecule has 0 aromatic heterocycles. The molecule has 1 unspecified atom stereocenters. The molecule has 1 aromatic rings. The molecule has 0 spiro atoms. The first-order valence-electron chi connectivity index (χ1n) is 7.42. The third-order valence-corrected chi connectivity index (χ3v) is 4.43. The van der Waals surface area contributed by atoms with E-state index in [1.807, 2.05) is 0 Å². The van der Waals surface area contributed by atoms with E-state index in [1.165, 1.54) is 0 Å². The van der Waals surface area contributed by atoms with Gasteiger partial charge in [-0.25, -0.2) is 13.2 Å². The number of hydrogen-bond acceptors (Lipinski definition) is 2. The van der Waals surface area contributed by atoms with Crippen molar-refractivity contribution >= 4 is 0 Å². The average molecular weight is 300 g/mol. The fourth-order valence-electron chi connectivity index (χ4n) is 3.02. The maximum atomic E-state index is 13.4. The van der Waals surface area contributed by atoms with Gasteiger partial charge in [0.25, 0.3) is 0 Å². The third kappa shape index (κ3) is 3.77. The minimum atomic E-state index is -1.42. The summed E-state index contributed by atoms with van der Waals surface area (Å²) in [5, 5.41) is 0. The normalized spacial score (nSPS) is 21.0. The van der Waals surface area contributed by atoms with Crippen LogP contribution in [0.5, 0.6) is 0 Å². The van der Waals surface area contributed by atoms with Crippen molar-refractivity contribution in [2.24, 2.45) is 11.1 Å². The number of hydrogen-bond donors (Lipinski definition) is 1. The smallest absolute Gasteiger partial charge is 0.194 e. The molecule has 0 aliphatic carbocycles. The Morgan fingerprint density at radius 3 is 2.33 bits per heavy atom. The Morgan fingerprint density at radius 2 is 1.76 bits per heavy atom. The zero-order valence-electron chi connectivity index (χ0n) is 12.6. The van der Waals surface area contributed by atoms with Gasteiger partial charge in [-0.05, 0) is 55.5 Å². The van der Waals surface area contributed by atoms with Gasteiger partial charge in [-0.1, -0.05) is 13.8 Å². The van der Waals surface area contributed by atoms with Gasteiger partial charge in [0.05, 0.1) is 0 Å². The first kappa shape index (κ1) is 16.3. The lowest BCUT2D eigenvalue weighted by Gasteiger charge is -2.31. The van der Waals surface area contributed by atoms with E-state index in [-0.39, 0.29) is 18.0 Å². The van der Waals surface area contributed by atoms with Crippen molar-refractivity contribution in [3.63, 3.8) is 0 Å². The van der Waals surface area contributed by atoms with Crippen molar-refractivity contribution < 1.29 is 13.2 Å². The Balaban J connectivity index is 2.23. The summed E-state index contributed by atoms with van der Waals surface area (Å²) >= 11 is 0. The van der Waals surface area contributed by atoms with Gasteiger partial charge in [0.1, 0.15) is 0 Å². The molecule has 2 rings (SSSR count). The fraction of sp³-hybridized carbons (Fsp3) is 0.625. The molecule has 1 aliphatic heterocycles. The van der Waals surface area contributed by atoms with E-state index >= 15 is 0 Å². The van der Waals surface area contributed by atoms with Crippen molar-refractivity contribution in [3.05, 3.63) is 35.1 Å². The first-order valence-corrected chi connectivity index (χ1v) is 7.42. The van der Waals surface area contributed by atoms with Crippen LogP contribution in [0.1, 0.15) is 44.7 Å². The van der Waals surface area contributed by atoms with Gasteiger partial charge >= 0.3 is 0 Å². The molecule has 0 saturated carbocycles. The number of likely N-dealkylation sites (tertiary alicyclic amines) is 1. The molecule has 1 fully saturated rings. The van der Waals surface area contributed by atoms with Crippen LogP contribution in [0.2, 0.25) is 0 Å². The molecule has 1 saturated heterocycles. The summed E-state index contributed by atoms with van der Waals surface area (Å²) in [6.45, 7) is 6.38. The Labute approximate surface area is 124 Å². The predicted molar refractivity (Wildman–Crippen MR) is 77.3 cm³/mol. The van der Waals surface area contributed by atoms with Crippen LogP contribution in [0.25, 0.3) is 0 Å². The van der Waals surface area contributed by atoms with E-state index in [1.54, 1.807) is 0 Å². The lowest BCUT2D eigenvalue weighted by atomic mass is 9.85. The molecule has 1 heterocycles. The quantitative estimate of drug-likeness (QED) is 0.864. The van der Waals surface area contributed by atoms with Crippen molar-refractivity contribution in [2.45, 2.75) is 39.2 Å². The number of nitrogens with zero attached hydrogens (tertiary/aromatic N) is 1. The van der Waals surface area contributed by atoms with Crippen LogP contribution >= 0.6 is 0 Å². The lowest BCUT2D eigenvalue weighted by Crippen LogP contribution is -2.35. The van der Waals surface area contributed by atoms with Crippen molar-refractivity contribution in [1.29, 1.82) is 0 Å². The van der Waals surface area contributed by atoms with Crippen LogP contribution in [0.4, 0.5) is 13.2 Å². The summed E-state index contributed by atoms with van der Waals surface area (Å²) < 4.78 is 40.0. The first-order chi connectivity index (χ1) is 9.84. The SMILES string of the molecule is CC1(C)CCCN(C(CN)c2cc(F)c(F)c(F)c2)CC1. The molecule has 0 bridgehead atoms. The zero-order valence-corrected chi connectivity index (χ0v) is 12.6. The van der Waals surface area contributed by atoms with Crippen LogP contribution in [0, 0.1) is 22.9 Å². The van der Waals surface area contributed by atoms with Crippen molar-refractivity contribution in [2.75, 3.05) is 19.6 Å². The summed E-state index contributed by atoms with van der Waals surface area (Å²) in [4.78, 5) is 2.15. The monoisotopic (exact) mass is 300 g/mol. The Kier molecular flexibility index (Phi) is 4.94. The van der Waals surface area contributed by atoms with E-state index in [9.17, 15) is 13.2 Å². The highest BCUT2D eigenvalue weighted by Gasteiger charge is 2.28. The summed E-state index contributed by atoms with van der Waals surface area (Å²) in [5.74, 6) is -3.73. The molecule has 118 valence electrons. The topological polar surface area (TPSA) is 29.3 Å². The number of halogens is 3. The maximum absolute atomic E-state index is 13.4. The van der Waals surface area contributed by atoms with E-state index in [4.69, 9.17) is 5.73 Å². The van der Waals surface area contributed by atoms with Crippen molar-refractivity contribution in [3.8, 4) is 0 Å². The highest BCUT2D eigenvalue weighted by atomic mass is 19.2. The number of rotatable bonds is 3. The number of nitrogens with two attached hydrogens (primary N) is 1. The molecule has 1 aromatic carbocycles. The Hall–Kier alpha value is -1.07. The Morgan fingerprint density at radius 1 is 1.14 bits per heavy atom. The van der Waals surface area contributed by atoms with E-state index < -0.39 is 17.5 Å². The lowest BCUT2D eigenvalue weighted by molar-refractivity contribution is 0.199. The predicted octanol–water partition coefficient (Wildman–Crippen LogP) is 3.62. The van der Waals surface area contributed by atoms with Gasteiger partial charge in [-0.2, -0.15) is 0 Å². The Bertz CT molecular complexity index is 479. The van der Waals surface area contributed by atoms with Crippen LogP contribution in [0.15, 0.2) is 12.1 Å². The van der Waals surface area contributed by atoms with Crippen LogP contribution in [0.3, 0.4) is 0 Å². The molecule has 5 heteroatoms. The second-order valence-electron chi connectivity index (χ2n) is 6.60. The molecular weight excluding hydrogens is 277 g/mol. The minimum absolute atomic E-state index is 0.255. The number of benzene rings is 1.